The number of hydrogen-bond acceptors (Lipinski definition) is 1. The highest BCUT2D eigenvalue weighted by atomic mass is 16.3. The highest BCUT2D eigenvalue weighted by Gasteiger charge is 2.34. The molecule has 26 heavy (non-hydrogen) atoms. The van der Waals surface area contributed by atoms with Crippen molar-refractivity contribution < 1.29 is 8.99 Å². The Bertz CT molecular complexity index is 1210. The average molecular weight is 340 g/mol. The van der Waals surface area contributed by atoms with E-state index in [-0.39, 0.29) is 0 Å². The fraction of sp³-hybridized carbons (Fsp3) is 0.174. The fourth-order valence-corrected chi connectivity index (χ4v) is 3.65. The largest absolute Gasteiger partial charge is 0.496 e. The molecule has 0 bridgehead atoms. The predicted octanol–water partition coefficient (Wildman–Crippen LogP) is 6.05. The lowest BCUT2D eigenvalue weighted by Crippen LogP contribution is -2.04. The summed E-state index contributed by atoms with van der Waals surface area (Å²) in [5.41, 5.74) is 5.29. The topological polar surface area (TPSA) is 19.2 Å². The van der Waals surface area contributed by atoms with Gasteiger partial charge in [-0.05, 0) is 16.7 Å². The maximum absolute atomic E-state index is 6.06. The van der Waals surface area contributed by atoms with E-state index < -0.39 is 0 Å². The Morgan fingerprint density at radius 2 is 1.62 bits per heavy atom. The number of hydrogen-bond donors (Lipinski definition) is 0. The number of benzene rings is 3. The minimum absolute atomic E-state index is 0.912. The molecule has 0 radical (unpaired) electrons. The zero-order valence-electron chi connectivity index (χ0n) is 14.8. The van der Waals surface area contributed by atoms with Crippen molar-refractivity contribution in [3.63, 3.8) is 0 Å². The molecule has 3 nitrogen and oxygen atoms in total. The Labute approximate surface area is 152 Å². The zero-order chi connectivity index (χ0) is 17.5. The van der Waals surface area contributed by atoms with Gasteiger partial charge in [0, 0.05) is 35.4 Å². The third kappa shape index (κ3) is 2.29. The van der Waals surface area contributed by atoms with Gasteiger partial charge in [0.2, 0.25) is 5.69 Å². The van der Waals surface area contributed by atoms with Crippen molar-refractivity contribution in [3.05, 3.63) is 66.7 Å². The maximum atomic E-state index is 6.06. The van der Waals surface area contributed by atoms with Crippen LogP contribution in [-0.2, 0) is 0 Å². The second-order valence-corrected chi connectivity index (χ2v) is 6.71. The molecule has 4 aromatic rings. The van der Waals surface area contributed by atoms with Crippen LogP contribution in [0, 0.1) is 0 Å². The summed E-state index contributed by atoms with van der Waals surface area (Å²) < 4.78 is 10.4. The van der Waals surface area contributed by atoms with E-state index in [0.29, 0.717) is 0 Å². The van der Waals surface area contributed by atoms with Crippen molar-refractivity contribution in [2.24, 2.45) is 0 Å². The lowest BCUT2D eigenvalue weighted by molar-refractivity contribution is -0.431. The van der Waals surface area contributed by atoms with Crippen LogP contribution in [0.1, 0.15) is 19.8 Å². The first-order chi connectivity index (χ1) is 12.8. The van der Waals surface area contributed by atoms with Gasteiger partial charge in [-0.15, -0.1) is 0 Å². The van der Waals surface area contributed by atoms with Gasteiger partial charge in [0.15, 0.2) is 6.54 Å². The first-order valence-electron chi connectivity index (χ1n) is 9.19. The SMILES string of the molecule is CCCC[N+]1=C=[N+](c2ccc3c(c2)oc2ccccc23)c2ccccc21. The van der Waals surface area contributed by atoms with Gasteiger partial charge in [-0.2, -0.15) is 0 Å². The van der Waals surface area contributed by atoms with Gasteiger partial charge < -0.3 is 4.42 Å². The first kappa shape index (κ1) is 15.1. The molecule has 0 atom stereocenters. The number of nitrogens with zero attached hydrogens (tertiary/aromatic N) is 2. The highest BCUT2D eigenvalue weighted by Crippen LogP contribution is 2.36. The zero-order valence-corrected chi connectivity index (χ0v) is 14.8. The summed E-state index contributed by atoms with van der Waals surface area (Å²) in [6, 6.07) is 26.6. The van der Waals surface area contributed by atoms with Crippen LogP contribution >= 0.6 is 0 Å². The summed E-state index contributed by atoms with van der Waals surface area (Å²) in [6.45, 7) is 3.20. The molecule has 0 saturated carbocycles. The molecule has 0 spiro atoms. The Morgan fingerprint density at radius 3 is 2.50 bits per heavy atom. The van der Waals surface area contributed by atoms with E-state index in [1.807, 2.05) is 12.1 Å². The molecule has 1 aliphatic rings. The van der Waals surface area contributed by atoms with E-state index in [2.05, 4.69) is 76.7 Å². The van der Waals surface area contributed by atoms with Crippen molar-refractivity contribution in [1.29, 1.82) is 0 Å². The molecule has 0 unspecified atom stereocenters. The van der Waals surface area contributed by atoms with Crippen LogP contribution in [0.15, 0.2) is 71.1 Å². The van der Waals surface area contributed by atoms with Gasteiger partial charge in [0.1, 0.15) is 11.2 Å². The van der Waals surface area contributed by atoms with Crippen LogP contribution < -0.4 is 4.58 Å². The van der Waals surface area contributed by atoms with E-state index in [0.717, 1.165) is 40.6 Å². The van der Waals surface area contributed by atoms with Crippen LogP contribution in [0.5, 0.6) is 0 Å². The van der Waals surface area contributed by atoms with E-state index in [1.165, 1.54) is 17.8 Å². The van der Waals surface area contributed by atoms with E-state index in [4.69, 9.17) is 4.42 Å². The smallest absolute Gasteiger partial charge is 0.456 e. The van der Waals surface area contributed by atoms with E-state index in [9.17, 15) is 0 Å². The van der Waals surface area contributed by atoms with Crippen LogP contribution in [0.25, 0.3) is 21.9 Å². The van der Waals surface area contributed by atoms with Gasteiger partial charge in [0.25, 0.3) is 11.4 Å². The Morgan fingerprint density at radius 1 is 0.846 bits per heavy atom. The average Bonchev–Trinajstić information content (AvgIpc) is 3.24. The number of unbranched alkanes of at least 4 members (excludes halogenated alkanes) is 1. The molecule has 1 aromatic heterocycles. The molecule has 5 rings (SSSR count). The molecule has 2 heterocycles. The molecule has 126 valence electrons. The number of para-hydroxylation sites is 3. The van der Waals surface area contributed by atoms with Crippen molar-refractivity contribution >= 4 is 45.0 Å². The molecule has 0 fully saturated rings. The van der Waals surface area contributed by atoms with E-state index in [1.54, 1.807) is 0 Å². The molecule has 0 amide bonds. The molecule has 0 N–H and O–H groups in total. The second kappa shape index (κ2) is 5.98. The van der Waals surface area contributed by atoms with Crippen molar-refractivity contribution in [2.75, 3.05) is 6.54 Å². The molecule has 0 saturated heterocycles. The van der Waals surface area contributed by atoms with Gasteiger partial charge in [-0.3, -0.25) is 0 Å². The van der Waals surface area contributed by atoms with Gasteiger partial charge in [-0.25, -0.2) is 0 Å². The summed E-state index contributed by atoms with van der Waals surface area (Å²) in [7, 11) is 0. The van der Waals surface area contributed by atoms with Crippen LogP contribution in [-0.4, -0.2) is 17.1 Å². The summed E-state index contributed by atoms with van der Waals surface area (Å²) in [5, 5.41) is 2.31. The minimum atomic E-state index is 0.912. The Kier molecular flexibility index (Phi) is 3.48. The van der Waals surface area contributed by atoms with Crippen molar-refractivity contribution in [2.45, 2.75) is 19.8 Å². The summed E-state index contributed by atoms with van der Waals surface area (Å²) in [4.78, 5) is 0. The summed E-state index contributed by atoms with van der Waals surface area (Å²) in [5.74, 6) is 0. The first-order valence-corrected chi connectivity index (χ1v) is 9.19. The maximum Gasteiger partial charge on any atom is 0.496 e. The van der Waals surface area contributed by atoms with Gasteiger partial charge >= 0.3 is 6.01 Å². The molecule has 0 aliphatic carbocycles. The van der Waals surface area contributed by atoms with Gasteiger partial charge in [0.05, 0.1) is 6.07 Å². The second-order valence-electron chi connectivity index (χ2n) is 6.71. The summed E-state index contributed by atoms with van der Waals surface area (Å²) in [6.07, 6.45) is 2.32. The third-order valence-electron chi connectivity index (χ3n) is 4.99. The molecule has 3 aromatic carbocycles. The minimum Gasteiger partial charge on any atom is -0.456 e. The van der Waals surface area contributed by atoms with Gasteiger partial charge in [-0.1, -0.05) is 48.3 Å². The van der Waals surface area contributed by atoms with Crippen molar-refractivity contribution in [3.8, 4) is 0 Å². The van der Waals surface area contributed by atoms with E-state index >= 15 is 0 Å². The van der Waals surface area contributed by atoms with Crippen LogP contribution in [0.3, 0.4) is 0 Å². The van der Waals surface area contributed by atoms with Crippen LogP contribution in [0.2, 0.25) is 0 Å². The summed E-state index contributed by atoms with van der Waals surface area (Å²) >= 11 is 0. The lowest BCUT2D eigenvalue weighted by atomic mass is 10.1. The molecular weight excluding hydrogens is 320 g/mol. The Hall–Kier alpha value is -3.16. The monoisotopic (exact) mass is 340 g/mol. The number of fused-ring (bicyclic) bond motifs is 4. The molecule has 1 aliphatic heterocycles. The van der Waals surface area contributed by atoms with Crippen molar-refractivity contribution in [1.82, 2.24) is 4.58 Å². The highest BCUT2D eigenvalue weighted by molar-refractivity contribution is 6.05. The molecular formula is C23H20N2O+2. The number of rotatable bonds is 4. The quantitative estimate of drug-likeness (QED) is 0.414. The third-order valence-corrected chi connectivity index (χ3v) is 4.99. The lowest BCUT2D eigenvalue weighted by Gasteiger charge is -1.96. The molecule has 3 heteroatoms. The standard InChI is InChI=1S/C23H20N2O/c1-2-3-14-24-16-25(21-10-6-5-9-20(21)24)17-12-13-19-18-8-4-7-11-22(18)26-23(19)15-17/h4-13,15H,2-3,14H2,1H3/q+2. The normalized spacial score (nSPS) is 13.1. The van der Waals surface area contributed by atoms with Crippen LogP contribution in [0.4, 0.5) is 17.1 Å². The number of furan rings is 1. The Balaban J connectivity index is 1.68. The predicted molar refractivity (Wildman–Crippen MR) is 106 cm³/mol. The fourth-order valence-electron chi connectivity index (χ4n) is 3.65.